The monoisotopic (exact) mass is 261 g/mol. The first-order valence-corrected chi connectivity index (χ1v) is 7.02. The van der Waals surface area contributed by atoms with Crippen LogP contribution >= 0.6 is 11.3 Å². The minimum absolute atomic E-state index is 0.468. The molecule has 0 aliphatic heterocycles. The van der Waals surface area contributed by atoms with Gasteiger partial charge in [-0.1, -0.05) is 18.2 Å². The van der Waals surface area contributed by atoms with Gasteiger partial charge in [0.25, 0.3) is 0 Å². The maximum Gasteiger partial charge on any atom is 0.119 e. The van der Waals surface area contributed by atoms with Crippen LogP contribution in [-0.2, 0) is 12.8 Å². The van der Waals surface area contributed by atoms with Crippen LogP contribution in [0.1, 0.15) is 10.4 Å². The summed E-state index contributed by atoms with van der Waals surface area (Å²) in [4.78, 5) is 1.43. The minimum Gasteiger partial charge on any atom is -0.497 e. The highest BCUT2D eigenvalue weighted by atomic mass is 32.1. The quantitative estimate of drug-likeness (QED) is 0.862. The van der Waals surface area contributed by atoms with Gasteiger partial charge in [-0.3, -0.25) is 0 Å². The average molecular weight is 261 g/mol. The normalized spacial score (nSPS) is 12.3. The van der Waals surface area contributed by atoms with E-state index < -0.39 is 0 Å². The SMILES string of the molecule is CNC(Cc1cccc(OC)c1)Cc1cccs1. The maximum atomic E-state index is 5.26. The van der Waals surface area contributed by atoms with Gasteiger partial charge in [0, 0.05) is 10.9 Å². The third kappa shape index (κ3) is 3.59. The second kappa shape index (κ2) is 6.57. The molecule has 0 aliphatic carbocycles. The third-order valence-electron chi connectivity index (χ3n) is 3.05. The van der Waals surface area contributed by atoms with Crippen LogP contribution in [0.15, 0.2) is 41.8 Å². The Labute approximate surface area is 113 Å². The number of rotatable bonds is 6. The highest BCUT2D eigenvalue weighted by Crippen LogP contribution is 2.17. The van der Waals surface area contributed by atoms with Crippen LogP contribution in [0.4, 0.5) is 0 Å². The summed E-state index contributed by atoms with van der Waals surface area (Å²) in [5, 5.41) is 5.52. The number of hydrogen-bond donors (Lipinski definition) is 1. The summed E-state index contributed by atoms with van der Waals surface area (Å²) in [6.07, 6.45) is 2.09. The van der Waals surface area contributed by atoms with E-state index in [0.29, 0.717) is 6.04 Å². The van der Waals surface area contributed by atoms with Crippen molar-refractivity contribution in [2.24, 2.45) is 0 Å². The van der Waals surface area contributed by atoms with Gasteiger partial charge in [-0.2, -0.15) is 0 Å². The molecule has 0 aliphatic rings. The van der Waals surface area contributed by atoms with E-state index in [1.165, 1.54) is 10.4 Å². The van der Waals surface area contributed by atoms with Gasteiger partial charge in [0.2, 0.25) is 0 Å². The van der Waals surface area contributed by atoms with E-state index in [2.05, 4.69) is 35.0 Å². The van der Waals surface area contributed by atoms with E-state index in [9.17, 15) is 0 Å². The van der Waals surface area contributed by atoms with E-state index in [-0.39, 0.29) is 0 Å². The number of benzene rings is 1. The summed E-state index contributed by atoms with van der Waals surface area (Å²) in [7, 11) is 3.73. The number of methoxy groups -OCH3 is 1. The standard InChI is InChI=1S/C15H19NOS/c1-16-13(11-15-7-4-8-18-15)9-12-5-3-6-14(10-12)17-2/h3-8,10,13,16H,9,11H2,1-2H3. The Bertz CT molecular complexity index is 467. The van der Waals surface area contributed by atoms with E-state index in [4.69, 9.17) is 4.74 Å². The van der Waals surface area contributed by atoms with Crippen molar-refractivity contribution in [3.8, 4) is 5.75 Å². The zero-order valence-electron chi connectivity index (χ0n) is 10.8. The molecule has 0 fully saturated rings. The molecule has 3 heteroatoms. The van der Waals surface area contributed by atoms with E-state index in [0.717, 1.165) is 18.6 Å². The van der Waals surface area contributed by atoms with E-state index >= 15 is 0 Å². The van der Waals surface area contributed by atoms with Crippen molar-refractivity contribution in [3.63, 3.8) is 0 Å². The fourth-order valence-corrected chi connectivity index (χ4v) is 2.82. The topological polar surface area (TPSA) is 21.3 Å². The third-order valence-corrected chi connectivity index (χ3v) is 3.95. The van der Waals surface area contributed by atoms with Crippen LogP contribution in [0.3, 0.4) is 0 Å². The molecule has 0 saturated heterocycles. The summed E-state index contributed by atoms with van der Waals surface area (Å²) in [6.45, 7) is 0. The number of nitrogens with one attached hydrogen (secondary N) is 1. The first-order valence-electron chi connectivity index (χ1n) is 6.14. The average Bonchev–Trinajstić information content (AvgIpc) is 2.91. The summed E-state index contributed by atoms with van der Waals surface area (Å²) < 4.78 is 5.26. The van der Waals surface area contributed by atoms with Crippen LogP contribution in [-0.4, -0.2) is 20.2 Å². The van der Waals surface area contributed by atoms with Gasteiger partial charge in [0.1, 0.15) is 5.75 Å². The summed E-state index contributed by atoms with van der Waals surface area (Å²) in [5.74, 6) is 0.929. The second-order valence-corrected chi connectivity index (χ2v) is 5.36. The Balaban J connectivity index is 2.00. The molecule has 2 rings (SSSR count). The van der Waals surface area contributed by atoms with Crippen LogP contribution in [0, 0.1) is 0 Å². The molecule has 1 unspecified atom stereocenters. The predicted molar refractivity (Wildman–Crippen MR) is 77.6 cm³/mol. The number of hydrogen-bond acceptors (Lipinski definition) is 3. The molecule has 1 N–H and O–H groups in total. The Hall–Kier alpha value is -1.32. The number of likely N-dealkylation sites (N-methyl/N-ethyl adjacent to an activating group) is 1. The minimum atomic E-state index is 0.468. The van der Waals surface area contributed by atoms with Gasteiger partial charge in [0.15, 0.2) is 0 Å². The maximum absolute atomic E-state index is 5.26. The van der Waals surface area contributed by atoms with Gasteiger partial charge in [-0.25, -0.2) is 0 Å². The smallest absolute Gasteiger partial charge is 0.119 e. The summed E-state index contributed by atoms with van der Waals surface area (Å²) in [6, 6.07) is 13.1. The number of ether oxygens (including phenoxy) is 1. The Morgan fingerprint density at radius 2 is 2.11 bits per heavy atom. The van der Waals surface area contributed by atoms with Crippen LogP contribution < -0.4 is 10.1 Å². The Kier molecular flexibility index (Phi) is 4.79. The zero-order chi connectivity index (χ0) is 12.8. The molecule has 0 amide bonds. The summed E-state index contributed by atoms with van der Waals surface area (Å²) in [5.41, 5.74) is 1.31. The molecule has 0 saturated carbocycles. The fraction of sp³-hybridized carbons (Fsp3) is 0.333. The van der Waals surface area contributed by atoms with Crippen LogP contribution in [0.25, 0.3) is 0 Å². The Morgan fingerprint density at radius 1 is 1.22 bits per heavy atom. The van der Waals surface area contributed by atoms with Crippen LogP contribution in [0.2, 0.25) is 0 Å². The highest BCUT2D eigenvalue weighted by Gasteiger charge is 2.09. The first-order chi connectivity index (χ1) is 8.81. The largest absolute Gasteiger partial charge is 0.497 e. The molecule has 1 aromatic heterocycles. The van der Waals surface area contributed by atoms with Crippen molar-refractivity contribution >= 4 is 11.3 Å². The molecule has 0 bridgehead atoms. The highest BCUT2D eigenvalue weighted by molar-refractivity contribution is 7.09. The van der Waals surface area contributed by atoms with Gasteiger partial charge in [-0.05, 0) is 49.0 Å². The molecule has 2 nitrogen and oxygen atoms in total. The van der Waals surface area contributed by atoms with E-state index in [1.807, 2.05) is 30.5 Å². The predicted octanol–water partition coefficient (Wildman–Crippen LogP) is 3.13. The molecule has 96 valence electrons. The lowest BCUT2D eigenvalue weighted by Crippen LogP contribution is -2.29. The lowest BCUT2D eigenvalue weighted by molar-refractivity contribution is 0.414. The van der Waals surface area contributed by atoms with Crippen molar-refractivity contribution in [1.29, 1.82) is 0 Å². The van der Waals surface area contributed by atoms with Crippen molar-refractivity contribution in [3.05, 3.63) is 52.2 Å². The molecule has 0 radical (unpaired) electrons. The molecule has 1 heterocycles. The molecule has 0 spiro atoms. The zero-order valence-corrected chi connectivity index (χ0v) is 11.7. The van der Waals surface area contributed by atoms with Gasteiger partial charge in [-0.15, -0.1) is 11.3 Å². The van der Waals surface area contributed by atoms with Gasteiger partial charge >= 0.3 is 0 Å². The van der Waals surface area contributed by atoms with Crippen molar-refractivity contribution in [1.82, 2.24) is 5.32 Å². The van der Waals surface area contributed by atoms with Crippen molar-refractivity contribution in [2.45, 2.75) is 18.9 Å². The Morgan fingerprint density at radius 3 is 2.78 bits per heavy atom. The molecule has 1 aromatic carbocycles. The van der Waals surface area contributed by atoms with E-state index in [1.54, 1.807) is 7.11 Å². The lowest BCUT2D eigenvalue weighted by Gasteiger charge is -2.15. The molecule has 1 atom stereocenters. The fourth-order valence-electron chi connectivity index (χ4n) is 2.03. The molecular weight excluding hydrogens is 242 g/mol. The molecule has 18 heavy (non-hydrogen) atoms. The van der Waals surface area contributed by atoms with Crippen molar-refractivity contribution in [2.75, 3.05) is 14.2 Å². The first kappa shape index (κ1) is 13.1. The van der Waals surface area contributed by atoms with Gasteiger partial charge < -0.3 is 10.1 Å². The van der Waals surface area contributed by atoms with Crippen LogP contribution in [0.5, 0.6) is 5.75 Å². The lowest BCUT2D eigenvalue weighted by atomic mass is 10.0. The molecular formula is C15H19NOS. The van der Waals surface area contributed by atoms with Crippen molar-refractivity contribution < 1.29 is 4.74 Å². The second-order valence-electron chi connectivity index (χ2n) is 4.32. The van der Waals surface area contributed by atoms with Gasteiger partial charge in [0.05, 0.1) is 7.11 Å². The summed E-state index contributed by atoms with van der Waals surface area (Å²) >= 11 is 1.82. The number of thiophene rings is 1. The molecule has 2 aromatic rings.